The van der Waals surface area contributed by atoms with Gasteiger partial charge in [-0.3, -0.25) is 4.79 Å². The number of methoxy groups -OCH3 is 1. The highest BCUT2D eigenvalue weighted by atomic mass is 16.5. The van der Waals surface area contributed by atoms with E-state index in [0.717, 1.165) is 19.4 Å². The van der Waals surface area contributed by atoms with Gasteiger partial charge in [-0.1, -0.05) is 12.8 Å². The van der Waals surface area contributed by atoms with Crippen molar-refractivity contribution in [2.24, 2.45) is 0 Å². The smallest absolute Gasteiger partial charge is 0.256 e. The van der Waals surface area contributed by atoms with Crippen molar-refractivity contribution >= 4 is 11.6 Å². The molecule has 0 atom stereocenters. The van der Waals surface area contributed by atoms with E-state index >= 15 is 0 Å². The summed E-state index contributed by atoms with van der Waals surface area (Å²) in [7, 11) is 1.59. The van der Waals surface area contributed by atoms with Gasteiger partial charge in [-0.05, 0) is 31.9 Å². The van der Waals surface area contributed by atoms with Crippen molar-refractivity contribution in [2.45, 2.75) is 38.6 Å². The normalized spacial score (nSPS) is 15.5. The molecule has 0 heterocycles. The van der Waals surface area contributed by atoms with Gasteiger partial charge in [0.15, 0.2) is 0 Å². The lowest BCUT2D eigenvalue weighted by Gasteiger charge is -2.28. The Morgan fingerprint density at radius 3 is 2.63 bits per heavy atom. The van der Waals surface area contributed by atoms with Crippen molar-refractivity contribution < 1.29 is 9.53 Å². The van der Waals surface area contributed by atoms with Gasteiger partial charge >= 0.3 is 0 Å². The predicted octanol–water partition coefficient (Wildman–Crippen LogP) is 2.68. The number of carbonyl (C=O) groups excluding carboxylic acids is 1. The Labute approximate surface area is 114 Å². The summed E-state index contributed by atoms with van der Waals surface area (Å²) in [6.07, 6.45) is 4.64. The first-order valence-electron chi connectivity index (χ1n) is 6.91. The second-order valence-electron chi connectivity index (χ2n) is 4.98. The maximum Gasteiger partial charge on any atom is 0.256 e. The van der Waals surface area contributed by atoms with E-state index in [4.69, 9.17) is 10.5 Å². The molecular formula is C15H22N2O2. The number of nitrogen functional groups attached to an aromatic ring is 1. The first-order valence-corrected chi connectivity index (χ1v) is 6.91. The standard InChI is InChI=1S/C15H22N2O2/c1-3-17(11-6-4-5-7-11)15(18)13-9-8-12(19-2)10-14(13)16/h8-11H,3-7,16H2,1-2H3. The van der Waals surface area contributed by atoms with Crippen LogP contribution in [0.25, 0.3) is 0 Å². The average molecular weight is 262 g/mol. The van der Waals surface area contributed by atoms with Crippen LogP contribution < -0.4 is 10.5 Å². The lowest BCUT2D eigenvalue weighted by Crippen LogP contribution is -2.38. The van der Waals surface area contributed by atoms with Gasteiger partial charge in [-0.2, -0.15) is 0 Å². The quantitative estimate of drug-likeness (QED) is 0.849. The van der Waals surface area contributed by atoms with Crippen molar-refractivity contribution in [1.82, 2.24) is 4.90 Å². The number of amides is 1. The predicted molar refractivity (Wildman–Crippen MR) is 76.4 cm³/mol. The summed E-state index contributed by atoms with van der Waals surface area (Å²) >= 11 is 0. The maximum absolute atomic E-state index is 12.6. The number of carbonyl (C=O) groups is 1. The molecule has 1 fully saturated rings. The van der Waals surface area contributed by atoms with Gasteiger partial charge in [0.25, 0.3) is 5.91 Å². The summed E-state index contributed by atoms with van der Waals surface area (Å²) in [5, 5.41) is 0. The summed E-state index contributed by atoms with van der Waals surface area (Å²) in [4.78, 5) is 14.5. The molecule has 0 spiro atoms. The van der Waals surface area contributed by atoms with E-state index < -0.39 is 0 Å². The fourth-order valence-electron chi connectivity index (χ4n) is 2.80. The molecule has 0 saturated heterocycles. The fraction of sp³-hybridized carbons (Fsp3) is 0.533. The molecule has 4 nitrogen and oxygen atoms in total. The second kappa shape index (κ2) is 5.95. The Morgan fingerprint density at radius 1 is 1.42 bits per heavy atom. The Morgan fingerprint density at radius 2 is 2.11 bits per heavy atom. The van der Waals surface area contributed by atoms with Gasteiger partial charge in [-0.15, -0.1) is 0 Å². The molecule has 0 aliphatic heterocycles. The molecule has 104 valence electrons. The number of hydrogen-bond acceptors (Lipinski definition) is 3. The molecule has 2 N–H and O–H groups in total. The van der Waals surface area contributed by atoms with E-state index in [2.05, 4.69) is 0 Å². The first kappa shape index (κ1) is 13.7. The van der Waals surface area contributed by atoms with Crippen molar-refractivity contribution in [3.05, 3.63) is 23.8 Å². The van der Waals surface area contributed by atoms with Crippen LogP contribution in [0, 0.1) is 0 Å². The zero-order valence-electron chi connectivity index (χ0n) is 11.7. The number of hydrogen-bond donors (Lipinski definition) is 1. The van der Waals surface area contributed by atoms with Gasteiger partial charge in [-0.25, -0.2) is 0 Å². The minimum atomic E-state index is 0.0366. The lowest BCUT2D eigenvalue weighted by atomic mass is 10.1. The number of nitrogens with zero attached hydrogens (tertiary/aromatic N) is 1. The summed E-state index contributed by atoms with van der Waals surface area (Å²) in [5.74, 6) is 0.715. The molecular weight excluding hydrogens is 240 g/mol. The fourth-order valence-corrected chi connectivity index (χ4v) is 2.80. The van der Waals surface area contributed by atoms with Crippen molar-refractivity contribution in [3.8, 4) is 5.75 Å². The molecule has 1 aromatic rings. The maximum atomic E-state index is 12.6. The van der Waals surface area contributed by atoms with Crippen LogP contribution in [0.3, 0.4) is 0 Å². The van der Waals surface area contributed by atoms with Crippen molar-refractivity contribution in [3.63, 3.8) is 0 Å². The highest BCUT2D eigenvalue weighted by Crippen LogP contribution is 2.27. The van der Waals surface area contributed by atoms with Crippen LogP contribution in [0.2, 0.25) is 0 Å². The Bertz CT molecular complexity index is 453. The van der Waals surface area contributed by atoms with Gasteiger partial charge in [0.1, 0.15) is 5.75 Å². The molecule has 1 amide bonds. The molecule has 0 radical (unpaired) electrons. The zero-order chi connectivity index (χ0) is 13.8. The highest BCUT2D eigenvalue weighted by Gasteiger charge is 2.27. The number of nitrogens with two attached hydrogens (primary N) is 1. The Balaban J connectivity index is 2.21. The van der Waals surface area contributed by atoms with E-state index in [0.29, 0.717) is 23.0 Å². The zero-order valence-corrected chi connectivity index (χ0v) is 11.7. The van der Waals surface area contributed by atoms with E-state index in [1.165, 1.54) is 12.8 Å². The highest BCUT2D eigenvalue weighted by molar-refractivity contribution is 5.99. The average Bonchev–Trinajstić information content (AvgIpc) is 2.93. The van der Waals surface area contributed by atoms with Gasteiger partial charge in [0, 0.05) is 24.3 Å². The van der Waals surface area contributed by atoms with Crippen LogP contribution >= 0.6 is 0 Å². The van der Waals surface area contributed by atoms with E-state index in [-0.39, 0.29) is 5.91 Å². The van der Waals surface area contributed by atoms with Crippen LogP contribution in [-0.4, -0.2) is 30.5 Å². The number of ether oxygens (including phenoxy) is 1. The first-order chi connectivity index (χ1) is 9.17. The summed E-state index contributed by atoms with van der Waals surface area (Å²) in [6.45, 7) is 2.75. The number of anilines is 1. The number of rotatable bonds is 4. The SMILES string of the molecule is CCN(C(=O)c1ccc(OC)cc1N)C1CCCC1. The molecule has 4 heteroatoms. The third kappa shape index (κ3) is 2.83. The third-order valence-electron chi connectivity index (χ3n) is 3.86. The third-order valence-corrected chi connectivity index (χ3v) is 3.86. The molecule has 19 heavy (non-hydrogen) atoms. The molecule has 1 aliphatic carbocycles. The summed E-state index contributed by atoms with van der Waals surface area (Å²) in [6, 6.07) is 5.62. The largest absolute Gasteiger partial charge is 0.497 e. The minimum absolute atomic E-state index is 0.0366. The van der Waals surface area contributed by atoms with Crippen LogP contribution in [0.1, 0.15) is 43.0 Å². The molecule has 2 rings (SSSR count). The van der Waals surface area contributed by atoms with Crippen LogP contribution in [0.15, 0.2) is 18.2 Å². The van der Waals surface area contributed by atoms with E-state index in [9.17, 15) is 4.79 Å². The summed E-state index contributed by atoms with van der Waals surface area (Å²) < 4.78 is 5.11. The second-order valence-corrected chi connectivity index (χ2v) is 4.98. The van der Waals surface area contributed by atoms with Gasteiger partial charge in [0.2, 0.25) is 0 Å². The monoisotopic (exact) mass is 262 g/mol. The topological polar surface area (TPSA) is 55.6 Å². The molecule has 0 bridgehead atoms. The van der Waals surface area contributed by atoms with E-state index in [1.807, 2.05) is 11.8 Å². The Hall–Kier alpha value is -1.71. The van der Waals surface area contributed by atoms with Crippen molar-refractivity contribution in [2.75, 3.05) is 19.4 Å². The van der Waals surface area contributed by atoms with Crippen LogP contribution in [-0.2, 0) is 0 Å². The Kier molecular flexibility index (Phi) is 4.30. The molecule has 1 saturated carbocycles. The molecule has 0 aromatic heterocycles. The van der Waals surface area contributed by atoms with E-state index in [1.54, 1.807) is 25.3 Å². The molecule has 0 unspecified atom stereocenters. The lowest BCUT2D eigenvalue weighted by molar-refractivity contribution is 0.0694. The summed E-state index contributed by atoms with van der Waals surface area (Å²) in [5.41, 5.74) is 7.03. The van der Waals surface area contributed by atoms with Gasteiger partial charge in [0.05, 0.1) is 12.7 Å². The van der Waals surface area contributed by atoms with Crippen LogP contribution in [0.4, 0.5) is 5.69 Å². The molecule has 1 aliphatic rings. The van der Waals surface area contributed by atoms with Crippen LogP contribution in [0.5, 0.6) is 5.75 Å². The molecule has 1 aromatic carbocycles. The van der Waals surface area contributed by atoms with Crippen molar-refractivity contribution in [1.29, 1.82) is 0 Å². The number of benzene rings is 1. The van der Waals surface area contributed by atoms with Gasteiger partial charge < -0.3 is 15.4 Å². The minimum Gasteiger partial charge on any atom is -0.497 e.